The van der Waals surface area contributed by atoms with E-state index in [1.165, 1.54) is 0 Å². The molecule has 0 radical (unpaired) electrons. The summed E-state index contributed by atoms with van der Waals surface area (Å²) in [6, 6.07) is 26.9. The Bertz CT molecular complexity index is 1490. The largest absolute Gasteiger partial charge is 0.497 e. The van der Waals surface area contributed by atoms with Crippen LogP contribution in [0.2, 0.25) is 0 Å². The van der Waals surface area contributed by atoms with Gasteiger partial charge in [0, 0.05) is 0 Å². The Morgan fingerprint density at radius 1 is 0.537 bits per heavy atom. The van der Waals surface area contributed by atoms with Gasteiger partial charge in [-0.2, -0.15) is 0 Å². The topological polar surface area (TPSA) is 52.6 Å². The first kappa shape index (κ1) is 29.9. The van der Waals surface area contributed by atoms with Crippen LogP contribution in [0.5, 0.6) is 11.5 Å². The molecule has 0 amide bonds. The average molecular weight is 567 g/mol. The normalized spacial score (nSPS) is 13.4. The Morgan fingerprint density at radius 3 is 1.15 bits per heavy atom. The van der Waals surface area contributed by atoms with Crippen LogP contribution in [-0.4, -0.2) is 22.6 Å². The second-order valence-corrected chi connectivity index (χ2v) is 12.7. The van der Waals surface area contributed by atoms with Crippen molar-refractivity contribution >= 4 is 22.0 Å². The zero-order chi connectivity index (χ0) is 29.6. The van der Waals surface area contributed by atoms with E-state index in [1.807, 2.05) is 64.1 Å². The minimum absolute atomic E-state index is 0.671. The number of sulfone groups is 1. The van der Waals surface area contributed by atoms with Crippen molar-refractivity contribution in [2.45, 2.75) is 38.2 Å². The molecule has 4 aromatic carbocycles. The fourth-order valence-corrected chi connectivity index (χ4v) is 7.16. The Labute approximate surface area is 244 Å². The number of aryl methyl sites for hydroxylation is 4. The standard InChI is InChI=1S/C36H38O4S/c1-25-19-26(2)22-29(21-25)7-17-35(31-9-13-33(39-5)14-10-31)41(37,38)36(32-11-15-34(40-6)16-12-32)18-8-30-23-27(3)20-28(4)24-30/h7-24,35-36H,1-6H3. The first-order valence-corrected chi connectivity index (χ1v) is 15.2. The number of benzene rings is 4. The minimum atomic E-state index is -3.84. The fraction of sp³-hybridized carbons (Fsp3) is 0.222. The molecule has 0 N–H and O–H groups in total. The Morgan fingerprint density at radius 2 is 0.854 bits per heavy atom. The number of rotatable bonds is 10. The third-order valence-corrected chi connectivity index (χ3v) is 9.29. The molecular formula is C36H38O4S. The zero-order valence-corrected chi connectivity index (χ0v) is 25.4. The first-order valence-electron chi connectivity index (χ1n) is 13.6. The molecule has 0 bridgehead atoms. The highest BCUT2D eigenvalue weighted by Gasteiger charge is 2.33. The van der Waals surface area contributed by atoms with Gasteiger partial charge in [-0.1, -0.05) is 107 Å². The van der Waals surface area contributed by atoms with E-state index in [2.05, 4.69) is 36.4 Å². The summed E-state index contributed by atoms with van der Waals surface area (Å²) in [6.07, 6.45) is 7.41. The fourth-order valence-electron chi connectivity index (χ4n) is 5.17. The highest BCUT2D eigenvalue weighted by Crippen LogP contribution is 2.38. The Hall–Kier alpha value is -4.09. The zero-order valence-electron chi connectivity index (χ0n) is 24.6. The van der Waals surface area contributed by atoms with Gasteiger partial charge in [-0.15, -0.1) is 0 Å². The van der Waals surface area contributed by atoms with Crippen LogP contribution in [0.1, 0.15) is 55.0 Å². The molecule has 212 valence electrons. The number of ether oxygens (including phenoxy) is 2. The Balaban J connectivity index is 1.86. The molecular weight excluding hydrogens is 528 g/mol. The smallest absolute Gasteiger partial charge is 0.171 e. The lowest BCUT2D eigenvalue weighted by Crippen LogP contribution is -2.19. The molecule has 0 fully saturated rings. The summed E-state index contributed by atoms with van der Waals surface area (Å²) in [5.41, 5.74) is 7.77. The van der Waals surface area contributed by atoms with E-state index in [1.54, 1.807) is 50.6 Å². The van der Waals surface area contributed by atoms with Crippen molar-refractivity contribution in [3.63, 3.8) is 0 Å². The molecule has 5 heteroatoms. The predicted octanol–water partition coefficient (Wildman–Crippen LogP) is 8.56. The van der Waals surface area contributed by atoms with E-state index in [-0.39, 0.29) is 0 Å². The van der Waals surface area contributed by atoms with E-state index in [4.69, 9.17) is 9.47 Å². The molecule has 41 heavy (non-hydrogen) atoms. The van der Waals surface area contributed by atoms with Crippen molar-refractivity contribution < 1.29 is 17.9 Å². The molecule has 4 aromatic rings. The van der Waals surface area contributed by atoms with Crippen LogP contribution in [0.4, 0.5) is 0 Å². The summed E-state index contributed by atoms with van der Waals surface area (Å²) >= 11 is 0. The minimum Gasteiger partial charge on any atom is -0.497 e. The number of methoxy groups -OCH3 is 2. The van der Waals surface area contributed by atoms with Crippen LogP contribution < -0.4 is 9.47 Å². The van der Waals surface area contributed by atoms with Gasteiger partial charge in [0.2, 0.25) is 0 Å². The van der Waals surface area contributed by atoms with Crippen molar-refractivity contribution in [2.24, 2.45) is 0 Å². The lowest BCUT2D eigenvalue weighted by atomic mass is 10.1. The molecule has 0 aliphatic heterocycles. The van der Waals surface area contributed by atoms with Crippen molar-refractivity contribution in [1.82, 2.24) is 0 Å². The van der Waals surface area contributed by atoms with Crippen molar-refractivity contribution in [3.8, 4) is 11.5 Å². The van der Waals surface area contributed by atoms with Gasteiger partial charge in [-0.25, -0.2) is 8.42 Å². The Kier molecular flexibility index (Phi) is 9.51. The second kappa shape index (κ2) is 13.0. The van der Waals surface area contributed by atoms with Gasteiger partial charge in [0.15, 0.2) is 9.84 Å². The van der Waals surface area contributed by atoms with E-state index in [9.17, 15) is 8.42 Å². The van der Waals surface area contributed by atoms with E-state index < -0.39 is 20.3 Å². The van der Waals surface area contributed by atoms with Gasteiger partial charge >= 0.3 is 0 Å². The summed E-state index contributed by atoms with van der Waals surface area (Å²) in [5.74, 6) is 1.34. The molecule has 0 heterocycles. The molecule has 0 spiro atoms. The van der Waals surface area contributed by atoms with Crippen molar-refractivity contribution in [1.29, 1.82) is 0 Å². The molecule has 0 saturated heterocycles. The molecule has 0 aromatic heterocycles. The average Bonchev–Trinajstić information content (AvgIpc) is 2.92. The van der Waals surface area contributed by atoms with Gasteiger partial charge < -0.3 is 9.47 Å². The maximum absolute atomic E-state index is 14.7. The van der Waals surface area contributed by atoms with Crippen LogP contribution in [0.15, 0.2) is 97.1 Å². The second-order valence-electron chi connectivity index (χ2n) is 10.5. The maximum atomic E-state index is 14.7. The first-order chi connectivity index (χ1) is 19.6. The van der Waals surface area contributed by atoms with Crippen molar-refractivity contribution in [3.05, 3.63) is 142 Å². The summed E-state index contributed by atoms with van der Waals surface area (Å²) in [6.45, 7) is 8.16. The SMILES string of the molecule is COc1ccc(C(C=Cc2cc(C)cc(C)c2)S(=O)(=O)C(C=Cc2cc(C)cc(C)c2)c2ccc(OC)cc2)cc1. The van der Waals surface area contributed by atoms with Gasteiger partial charge in [-0.3, -0.25) is 0 Å². The van der Waals surface area contributed by atoms with Gasteiger partial charge in [-0.05, 0) is 74.2 Å². The quantitative estimate of drug-likeness (QED) is 0.193. The van der Waals surface area contributed by atoms with Crippen LogP contribution in [-0.2, 0) is 9.84 Å². The van der Waals surface area contributed by atoms with Crippen LogP contribution in [0, 0.1) is 27.7 Å². The molecule has 2 atom stereocenters. The molecule has 0 saturated carbocycles. The van der Waals surface area contributed by atoms with Crippen LogP contribution in [0.3, 0.4) is 0 Å². The monoisotopic (exact) mass is 566 g/mol. The van der Waals surface area contributed by atoms with E-state index in [0.717, 1.165) is 33.4 Å². The van der Waals surface area contributed by atoms with Gasteiger partial charge in [0.25, 0.3) is 0 Å². The maximum Gasteiger partial charge on any atom is 0.171 e. The third-order valence-electron chi connectivity index (χ3n) is 7.01. The molecule has 2 unspecified atom stereocenters. The summed E-state index contributed by atoms with van der Waals surface area (Å²) in [5, 5.41) is -1.80. The van der Waals surface area contributed by atoms with Crippen LogP contribution >= 0.6 is 0 Å². The number of hydrogen-bond donors (Lipinski definition) is 0. The predicted molar refractivity (Wildman–Crippen MR) is 170 cm³/mol. The van der Waals surface area contributed by atoms with Gasteiger partial charge in [0.1, 0.15) is 22.0 Å². The lowest BCUT2D eigenvalue weighted by molar-refractivity contribution is 0.414. The molecule has 0 aliphatic rings. The summed E-state index contributed by atoms with van der Waals surface area (Å²) in [4.78, 5) is 0. The molecule has 4 rings (SSSR count). The number of hydrogen-bond acceptors (Lipinski definition) is 4. The summed E-state index contributed by atoms with van der Waals surface area (Å²) in [7, 11) is -0.649. The van der Waals surface area contributed by atoms with Crippen LogP contribution in [0.25, 0.3) is 12.2 Å². The highest BCUT2D eigenvalue weighted by molar-refractivity contribution is 7.92. The highest BCUT2D eigenvalue weighted by atomic mass is 32.2. The summed E-state index contributed by atoms with van der Waals surface area (Å²) < 4.78 is 40.1. The lowest BCUT2D eigenvalue weighted by Gasteiger charge is -2.22. The molecule has 0 aliphatic carbocycles. The van der Waals surface area contributed by atoms with Crippen molar-refractivity contribution in [2.75, 3.05) is 14.2 Å². The molecule has 4 nitrogen and oxygen atoms in total. The van der Waals surface area contributed by atoms with E-state index in [0.29, 0.717) is 22.6 Å². The van der Waals surface area contributed by atoms with E-state index >= 15 is 0 Å². The van der Waals surface area contributed by atoms with Gasteiger partial charge in [0.05, 0.1) is 14.2 Å². The third kappa shape index (κ3) is 7.56.